The highest BCUT2D eigenvalue weighted by Crippen LogP contribution is 2.37. The first-order valence-electron chi connectivity index (χ1n) is 6.99. The number of benzene rings is 1. The predicted octanol–water partition coefficient (Wildman–Crippen LogP) is 2.38. The summed E-state index contributed by atoms with van der Waals surface area (Å²) in [7, 11) is 1.43. The SMILES string of the molecule is COc1cc([N+](=O)[O-])ccc1-c1nc(C2(N)CCCC2)no1. The summed E-state index contributed by atoms with van der Waals surface area (Å²) in [5, 5.41) is 14.8. The van der Waals surface area contributed by atoms with E-state index in [1.807, 2.05) is 0 Å². The maximum absolute atomic E-state index is 10.8. The topological polar surface area (TPSA) is 117 Å². The quantitative estimate of drug-likeness (QED) is 0.680. The molecular formula is C14H16N4O4. The molecule has 3 rings (SSSR count). The standard InChI is InChI=1S/C14H16N4O4/c1-21-11-8-9(18(19)20)4-5-10(11)12-16-13(17-22-12)14(15)6-2-3-7-14/h4-5,8H,2-3,6-7,15H2,1H3. The van der Waals surface area contributed by atoms with E-state index in [1.165, 1.54) is 25.3 Å². The molecule has 2 N–H and O–H groups in total. The molecule has 0 saturated heterocycles. The molecule has 1 aliphatic rings. The summed E-state index contributed by atoms with van der Waals surface area (Å²) < 4.78 is 10.5. The zero-order chi connectivity index (χ0) is 15.7. The highest BCUT2D eigenvalue weighted by Gasteiger charge is 2.36. The van der Waals surface area contributed by atoms with Crippen molar-refractivity contribution in [3.8, 4) is 17.2 Å². The van der Waals surface area contributed by atoms with Crippen LogP contribution in [0.2, 0.25) is 0 Å². The minimum absolute atomic E-state index is 0.0635. The molecule has 22 heavy (non-hydrogen) atoms. The van der Waals surface area contributed by atoms with E-state index in [9.17, 15) is 10.1 Å². The lowest BCUT2D eigenvalue weighted by molar-refractivity contribution is -0.384. The van der Waals surface area contributed by atoms with Crippen LogP contribution < -0.4 is 10.5 Å². The first kappa shape index (κ1) is 14.5. The number of nitro benzene ring substituents is 1. The summed E-state index contributed by atoms with van der Waals surface area (Å²) in [6, 6.07) is 4.23. The van der Waals surface area contributed by atoms with Crippen LogP contribution in [-0.4, -0.2) is 22.2 Å². The number of rotatable bonds is 4. The lowest BCUT2D eigenvalue weighted by Gasteiger charge is -2.17. The number of nitrogens with two attached hydrogens (primary N) is 1. The Morgan fingerprint density at radius 3 is 2.77 bits per heavy atom. The summed E-state index contributed by atoms with van der Waals surface area (Å²) in [5.41, 5.74) is 6.20. The fourth-order valence-corrected chi connectivity index (χ4v) is 2.73. The minimum atomic E-state index is -0.546. The van der Waals surface area contributed by atoms with E-state index in [4.69, 9.17) is 15.0 Å². The third-order valence-electron chi connectivity index (χ3n) is 3.99. The van der Waals surface area contributed by atoms with Crippen LogP contribution in [0.25, 0.3) is 11.5 Å². The fourth-order valence-electron chi connectivity index (χ4n) is 2.73. The molecule has 1 fully saturated rings. The first-order chi connectivity index (χ1) is 10.5. The largest absolute Gasteiger partial charge is 0.496 e. The first-order valence-corrected chi connectivity index (χ1v) is 6.99. The molecule has 0 aliphatic heterocycles. The number of methoxy groups -OCH3 is 1. The van der Waals surface area contributed by atoms with Crippen molar-refractivity contribution in [2.75, 3.05) is 7.11 Å². The van der Waals surface area contributed by atoms with Gasteiger partial charge < -0.3 is 15.0 Å². The van der Waals surface area contributed by atoms with Gasteiger partial charge in [-0.25, -0.2) is 0 Å². The molecular weight excluding hydrogens is 288 g/mol. The zero-order valence-electron chi connectivity index (χ0n) is 12.1. The van der Waals surface area contributed by atoms with Gasteiger partial charge in [0.2, 0.25) is 0 Å². The molecule has 0 bridgehead atoms. The van der Waals surface area contributed by atoms with Gasteiger partial charge in [-0.15, -0.1) is 0 Å². The molecule has 116 valence electrons. The Kier molecular flexibility index (Phi) is 3.53. The minimum Gasteiger partial charge on any atom is -0.496 e. The normalized spacial score (nSPS) is 16.6. The van der Waals surface area contributed by atoms with Crippen molar-refractivity contribution in [2.45, 2.75) is 31.2 Å². The van der Waals surface area contributed by atoms with Crippen molar-refractivity contribution in [3.63, 3.8) is 0 Å². The van der Waals surface area contributed by atoms with E-state index in [-0.39, 0.29) is 11.6 Å². The summed E-state index contributed by atoms with van der Waals surface area (Å²) in [4.78, 5) is 14.7. The zero-order valence-corrected chi connectivity index (χ0v) is 12.1. The Bertz CT molecular complexity index is 707. The van der Waals surface area contributed by atoms with Crippen LogP contribution in [0.5, 0.6) is 5.75 Å². The van der Waals surface area contributed by atoms with E-state index < -0.39 is 10.5 Å². The van der Waals surface area contributed by atoms with Gasteiger partial charge in [-0.2, -0.15) is 4.98 Å². The Morgan fingerprint density at radius 1 is 1.41 bits per heavy atom. The van der Waals surface area contributed by atoms with Crippen molar-refractivity contribution in [1.82, 2.24) is 10.1 Å². The third kappa shape index (κ3) is 2.41. The lowest BCUT2D eigenvalue weighted by atomic mass is 9.98. The molecule has 1 saturated carbocycles. The van der Waals surface area contributed by atoms with Gasteiger partial charge in [0.15, 0.2) is 5.82 Å². The Balaban J connectivity index is 1.98. The maximum Gasteiger partial charge on any atom is 0.273 e. The number of ether oxygens (including phenoxy) is 1. The molecule has 8 heteroatoms. The Labute approximate surface area is 126 Å². The smallest absolute Gasteiger partial charge is 0.273 e. The summed E-state index contributed by atoms with van der Waals surface area (Å²) in [6.45, 7) is 0. The maximum atomic E-state index is 10.8. The van der Waals surface area contributed by atoms with E-state index >= 15 is 0 Å². The van der Waals surface area contributed by atoms with Crippen molar-refractivity contribution >= 4 is 5.69 Å². The molecule has 0 spiro atoms. The van der Waals surface area contributed by atoms with Crippen molar-refractivity contribution < 1.29 is 14.2 Å². The van der Waals surface area contributed by atoms with E-state index in [0.29, 0.717) is 17.1 Å². The molecule has 0 unspecified atom stereocenters. The number of non-ortho nitro benzene ring substituents is 1. The van der Waals surface area contributed by atoms with Crippen LogP contribution >= 0.6 is 0 Å². The highest BCUT2D eigenvalue weighted by atomic mass is 16.6. The third-order valence-corrected chi connectivity index (χ3v) is 3.99. The Hall–Kier alpha value is -2.48. The van der Waals surface area contributed by atoms with Crippen LogP contribution in [-0.2, 0) is 5.54 Å². The number of hydrogen-bond donors (Lipinski definition) is 1. The molecule has 0 amide bonds. The average Bonchev–Trinajstić information content (AvgIpc) is 3.16. The van der Waals surface area contributed by atoms with Gasteiger partial charge in [0.25, 0.3) is 11.6 Å². The fraction of sp³-hybridized carbons (Fsp3) is 0.429. The molecule has 1 aromatic carbocycles. The molecule has 0 radical (unpaired) electrons. The second-order valence-electron chi connectivity index (χ2n) is 5.43. The van der Waals surface area contributed by atoms with Gasteiger partial charge in [-0.1, -0.05) is 18.0 Å². The van der Waals surface area contributed by atoms with Crippen LogP contribution in [0.15, 0.2) is 22.7 Å². The monoisotopic (exact) mass is 304 g/mol. The average molecular weight is 304 g/mol. The molecule has 8 nitrogen and oxygen atoms in total. The van der Waals surface area contributed by atoms with Gasteiger partial charge in [0, 0.05) is 6.07 Å². The second kappa shape index (κ2) is 5.38. The van der Waals surface area contributed by atoms with Gasteiger partial charge >= 0.3 is 0 Å². The number of nitro groups is 1. The van der Waals surface area contributed by atoms with Gasteiger partial charge in [0.05, 0.1) is 29.2 Å². The Morgan fingerprint density at radius 2 is 2.14 bits per heavy atom. The van der Waals surface area contributed by atoms with Crippen molar-refractivity contribution in [1.29, 1.82) is 0 Å². The second-order valence-corrected chi connectivity index (χ2v) is 5.43. The molecule has 1 aliphatic carbocycles. The van der Waals surface area contributed by atoms with Gasteiger partial charge in [0.1, 0.15) is 5.75 Å². The molecule has 1 heterocycles. The number of aromatic nitrogens is 2. The summed E-state index contributed by atoms with van der Waals surface area (Å²) >= 11 is 0. The van der Waals surface area contributed by atoms with Crippen LogP contribution in [0.4, 0.5) is 5.69 Å². The van der Waals surface area contributed by atoms with Crippen LogP contribution in [0.1, 0.15) is 31.5 Å². The molecule has 1 aromatic heterocycles. The summed E-state index contributed by atoms with van der Waals surface area (Å²) in [5.74, 6) is 1.03. The number of nitrogens with zero attached hydrogens (tertiary/aromatic N) is 3. The van der Waals surface area contributed by atoms with Crippen molar-refractivity contribution in [3.05, 3.63) is 34.1 Å². The van der Waals surface area contributed by atoms with Crippen LogP contribution in [0.3, 0.4) is 0 Å². The highest BCUT2D eigenvalue weighted by molar-refractivity contribution is 5.65. The lowest BCUT2D eigenvalue weighted by Crippen LogP contribution is -2.34. The molecule has 0 atom stereocenters. The van der Waals surface area contributed by atoms with E-state index in [2.05, 4.69) is 10.1 Å². The van der Waals surface area contributed by atoms with E-state index in [0.717, 1.165) is 25.7 Å². The van der Waals surface area contributed by atoms with Crippen LogP contribution in [0, 0.1) is 10.1 Å². The number of hydrogen-bond acceptors (Lipinski definition) is 7. The van der Waals surface area contributed by atoms with Gasteiger partial charge in [-0.3, -0.25) is 10.1 Å². The summed E-state index contributed by atoms with van der Waals surface area (Å²) in [6.07, 6.45) is 3.73. The molecule has 2 aromatic rings. The predicted molar refractivity (Wildman–Crippen MR) is 77.3 cm³/mol. The van der Waals surface area contributed by atoms with Gasteiger partial charge in [-0.05, 0) is 18.9 Å². The van der Waals surface area contributed by atoms with E-state index in [1.54, 1.807) is 0 Å². The van der Waals surface area contributed by atoms with Crippen molar-refractivity contribution in [2.24, 2.45) is 5.73 Å².